The molecule has 0 bridgehead atoms. The van der Waals surface area contributed by atoms with Crippen LogP contribution in [-0.2, 0) is 4.79 Å². The fourth-order valence-electron chi connectivity index (χ4n) is 1.44. The van der Waals surface area contributed by atoms with E-state index >= 15 is 0 Å². The first-order valence-electron chi connectivity index (χ1n) is 5.13. The first-order valence-corrected chi connectivity index (χ1v) is 6.04. The summed E-state index contributed by atoms with van der Waals surface area (Å²) in [6.45, 7) is 1.98. The van der Waals surface area contributed by atoms with Gasteiger partial charge in [0.25, 0.3) is 0 Å². The lowest BCUT2D eigenvalue weighted by Gasteiger charge is -2.25. The normalized spacial score (nSPS) is 12.2. The minimum absolute atomic E-state index is 0.0352. The zero-order valence-electron chi connectivity index (χ0n) is 9.41. The molecule has 0 aromatic heterocycles. The van der Waals surface area contributed by atoms with Crippen molar-refractivity contribution < 1.29 is 4.79 Å². The summed E-state index contributed by atoms with van der Waals surface area (Å²) in [6.07, 6.45) is 0.371. The Balaban J connectivity index is 2.73. The van der Waals surface area contributed by atoms with Crippen LogP contribution in [-0.4, -0.2) is 23.7 Å². The van der Waals surface area contributed by atoms with Crippen LogP contribution < -0.4 is 0 Å². The molecule has 88 valence electrons. The van der Waals surface area contributed by atoms with Crippen molar-refractivity contribution in [1.82, 2.24) is 4.90 Å². The number of hydrogen-bond acceptors (Lipinski definition) is 1. The highest BCUT2D eigenvalue weighted by molar-refractivity contribution is 6.30. The average Bonchev–Trinajstić information content (AvgIpc) is 2.28. The van der Waals surface area contributed by atoms with Crippen molar-refractivity contribution >= 4 is 29.1 Å². The summed E-state index contributed by atoms with van der Waals surface area (Å²) >= 11 is 11.4. The number of carbonyl (C=O) groups excluding carboxylic acids is 1. The third-order valence-corrected chi connectivity index (χ3v) is 3.08. The van der Waals surface area contributed by atoms with Gasteiger partial charge in [0.2, 0.25) is 5.91 Å². The second-order valence-electron chi connectivity index (χ2n) is 3.67. The SMILES string of the molecule is CC(c1ccc(Cl)cc1)N(C)C(=O)CCCl. The second kappa shape index (κ2) is 6.12. The van der Waals surface area contributed by atoms with Gasteiger partial charge in [0.15, 0.2) is 0 Å². The van der Waals surface area contributed by atoms with Crippen LogP contribution >= 0.6 is 23.2 Å². The first kappa shape index (κ1) is 13.3. The molecule has 0 spiro atoms. The lowest BCUT2D eigenvalue weighted by Crippen LogP contribution is -2.29. The molecule has 0 aliphatic carbocycles. The molecule has 16 heavy (non-hydrogen) atoms. The van der Waals surface area contributed by atoms with E-state index in [2.05, 4.69) is 0 Å². The second-order valence-corrected chi connectivity index (χ2v) is 4.49. The van der Waals surface area contributed by atoms with Crippen LogP contribution in [0.5, 0.6) is 0 Å². The molecule has 1 aromatic carbocycles. The van der Waals surface area contributed by atoms with E-state index in [-0.39, 0.29) is 11.9 Å². The Morgan fingerprint density at radius 2 is 1.94 bits per heavy atom. The van der Waals surface area contributed by atoms with E-state index in [1.54, 1.807) is 11.9 Å². The molecule has 1 atom stereocenters. The van der Waals surface area contributed by atoms with Crippen molar-refractivity contribution in [3.63, 3.8) is 0 Å². The summed E-state index contributed by atoms with van der Waals surface area (Å²) in [6, 6.07) is 7.54. The average molecular weight is 260 g/mol. The molecule has 0 saturated heterocycles. The molecule has 1 rings (SSSR count). The van der Waals surface area contributed by atoms with Crippen LogP contribution in [0.1, 0.15) is 24.9 Å². The molecule has 1 amide bonds. The summed E-state index contributed by atoms with van der Waals surface area (Å²) in [5.41, 5.74) is 1.06. The van der Waals surface area contributed by atoms with Crippen molar-refractivity contribution in [3.05, 3.63) is 34.9 Å². The number of benzene rings is 1. The molecule has 0 aliphatic rings. The van der Waals surface area contributed by atoms with E-state index in [0.717, 1.165) is 5.56 Å². The standard InChI is InChI=1S/C12H15Cl2NO/c1-9(15(2)12(16)7-8-13)10-3-5-11(14)6-4-10/h3-6,9H,7-8H2,1-2H3. The fraction of sp³-hybridized carbons (Fsp3) is 0.417. The van der Waals surface area contributed by atoms with E-state index < -0.39 is 0 Å². The van der Waals surface area contributed by atoms with Crippen LogP contribution in [0.4, 0.5) is 0 Å². The van der Waals surface area contributed by atoms with Crippen molar-refractivity contribution in [2.24, 2.45) is 0 Å². The maximum atomic E-state index is 11.6. The molecule has 0 radical (unpaired) electrons. The lowest BCUT2D eigenvalue weighted by molar-refractivity contribution is -0.131. The van der Waals surface area contributed by atoms with E-state index in [4.69, 9.17) is 23.2 Å². The summed E-state index contributed by atoms with van der Waals surface area (Å²) in [5.74, 6) is 0.411. The Morgan fingerprint density at radius 1 is 1.38 bits per heavy atom. The summed E-state index contributed by atoms with van der Waals surface area (Å²) in [7, 11) is 1.79. The molecule has 0 saturated carbocycles. The van der Waals surface area contributed by atoms with Crippen LogP contribution in [0.2, 0.25) is 5.02 Å². The zero-order valence-corrected chi connectivity index (χ0v) is 10.9. The van der Waals surface area contributed by atoms with Gasteiger partial charge in [-0.1, -0.05) is 23.7 Å². The molecule has 2 nitrogen and oxygen atoms in total. The molecule has 0 aliphatic heterocycles. The van der Waals surface area contributed by atoms with E-state index in [1.165, 1.54) is 0 Å². The van der Waals surface area contributed by atoms with Gasteiger partial charge >= 0.3 is 0 Å². The van der Waals surface area contributed by atoms with Gasteiger partial charge in [0.05, 0.1) is 6.04 Å². The molecule has 1 aromatic rings. The minimum Gasteiger partial charge on any atom is -0.339 e. The molecule has 0 heterocycles. The van der Waals surface area contributed by atoms with Gasteiger partial charge < -0.3 is 4.90 Å². The van der Waals surface area contributed by atoms with Crippen LogP contribution in [0.3, 0.4) is 0 Å². The minimum atomic E-state index is 0.0352. The highest BCUT2D eigenvalue weighted by Crippen LogP contribution is 2.21. The number of rotatable bonds is 4. The molecular weight excluding hydrogens is 245 g/mol. The van der Waals surface area contributed by atoms with Crippen molar-refractivity contribution in [1.29, 1.82) is 0 Å². The molecule has 1 unspecified atom stereocenters. The number of halogens is 2. The van der Waals surface area contributed by atoms with Crippen molar-refractivity contribution in [2.75, 3.05) is 12.9 Å². The zero-order chi connectivity index (χ0) is 12.1. The Labute approximate surface area is 106 Å². The van der Waals surface area contributed by atoms with Crippen LogP contribution in [0.25, 0.3) is 0 Å². The van der Waals surface area contributed by atoms with E-state index in [1.807, 2.05) is 31.2 Å². The maximum absolute atomic E-state index is 11.6. The predicted molar refractivity (Wildman–Crippen MR) is 68.0 cm³/mol. The van der Waals surface area contributed by atoms with Gasteiger partial charge in [0, 0.05) is 24.4 Å². The van der Waals surface area contributed by atoms with Crippen molar-refractivity contribution in [2.45, 2.75) is 19.4 Å². The maximum Gasteiger partial charge on any atom is 0.224 e. The number of alkyl halides is 1. The monoisotopic (exact) mass is 259 g/mol. The topological polar surface area (TPSA) is 20.3 Å². The highest BCUT2D eigenvalue weighted by atomic mass is 35.5. The van der Waals surface area contributed by atoms with Gasteiger partial charge in [0.1, 0.15) is 0 Å². The Morgan fingerprint density at radius 3 is 2.44 bits per heavy atom. The van der Waals surface area contributed by atoms with Gasteiger partial charge in [-0.3, -0.25) is 4.79 Å². The van der Waals surface area contributed by atoms with Crippen LogP contribution in [0.15, 0.2) is 24.3 Å². The first-order chi connectivity index (χ1) is 7.56. The number of hydrogen-bond donors (Lipinski definition) is 0. The highest BCUT2D eigenvalue weighted by Gasteiger charge is 2.16. The van der Waals surface area contributed by atoms with Gasteiger partial charge in [-0.25, -0.2) is 0 Å². The third-order valence-electron chi connectivity index (χ3n) is 2.64. The van der Waals surface area contributed by atoms with E-state index in [9.17, 15) is 4.79 Å². The Hall–Kier alpha value is -0.730. The van der Waals surface area contributed by atoms with E-state index in [0.29, 0.717) is 17.3 Å². The number of nitrogens with zero attached hydrogens (tertiary/aromatic N) is 1. The smallest absolute Gasteiger partial charge is 0.224 e. The molecule has 4 heteroatoms. The third kappa shape index (κ3) is 3.39. The molecule has 0 N–H and O–H groups in total. The van der Waals surface area contributed by atoms with Gasteiger partial charge in [-0.2, -0.15) is 0 Å². The molecule has 0 fully saturated rings. The lowest BCUT2D eigenvalue weighted by atomic mass is 10.1. The number of carbonyl (C=O) groups is 1. The van der Waals surface area contributed by atoms with Gasteiger partial charge in [-0.05, 0) is 24.6 Å². The van der Waals surface area contributed by atoms with Crippen LogP contribution in [0, 0.1) is 0 Å². The van der Waals surface area contributed by atoms with Gasteiger partial charge in [-0.15, -0.1) is 11.6 Å². The Bertz CT molecular complexity index is 351. The largest absolute Gasteiger partial charge is 0.339 e. The quantitative estimate of drug-likeness (QED) is 0.759. The molecular formula is C12H15Cl2NO. The predicted octanol–water partition coefficient (Wildman–Crippen LogP) is 3.49. The number of amides is 1. The fourth-order valence-corrected chi connectivity index (χ4v) is 1.73. The Kier molecular flexibility index (Phi) is 5.10. The summed E-state index contributed by atoms with van der Waals surface area (Å²) in [5, 5.41) is 0.700. The van der Waals surface area contributed by atoms with Crippen molar-refractivity contribution in [3.8, 4) is 0 Å². The summed E-state index contributed by atoms with van der Waals surface area (Å²) < 4.78 is 0. The summed E-state index contributed by atoms with van der Waals surface area (Å²) in [4.78, 5) is 13.3.